The van der Waals surface area contributed by atoms with Crippen molar-refractivity contribution in [3.05, 3.63) is 18.2 Å². The van der Waals surface area contributed by atoms with Crippen LogP contribution >= 0.6 is 0 Å². The normalized spacial score (nSPS) is 21.1. The molecule has 1 fully saturated rings. The summed E-state index contributed by atoms with van der Waals surface area (Å²) in [6.07, 6.45) is 4.85. The van der Waals surface area contributed by atoms with E-state index in [9.17, 15) is 4.79 Å². The third-order valence-corrected chi connectivity index (χ3v) is 4.11. The smallest absolute Gasteiger partial charge is 0.407 e. The quantitative estimate of drug-likeness (QED) is 0.895. The Labute approximate surface area is 120 Å². The van der Waals surface area contributed by atoms with Crippen molar-refractivity contribution >= 4 is 6.09 Å². The number of carboxylic acid groups (broad SMARTS) is 1. The first-order valence-electron chi connectivity index (χ1n) is 7.17. The SMILES string of the molecule is CCC(c1cn(CC2CCN(C)C2)cn1)N(C)C(=O)O. The maximum atomic E-state index is 11.1. The van der Waals surface area contributed by atoms with Gasteiger partial charge >= 0.3 is 6.09 Å². The third-order valence-electron chi connectivity index (χ3n) is 4.11. The second-order valence-electron chi connectivity index (χ2n) is 5.73. The van der Waals surface area contributed by atoms with E-state index in [0.29, 0.717) is 5.92 Å². The zero-order chi connectivity index (χ0) is 14.7. The molecule has 20 heavy (non-hydrogen) atoms. The molecule has 6 heteroatoms. The molecule has 1 aliphatic heterocycles. The predicted molar refractivity (Wildman–Crippen MR) is 76.7 cm³/mol. The highest BCUT2D eigenvalue weighted by molar-refractivity contribution is 5.65. The lowest BCUT2D eigenvalue weighted by Crippen LogP contribution is -2.29. The van der Waals surface area contributed by atoms with E-state index >= 15 is 0 Å². The van der Waals surface area contributed by atoms with Gasteiger partial charge in [-0.05, 0) is 32.4 Å². The Hall–Kier alpha value is -1.56. The number of nitrogens with zero attached hydrogens (tertiary/aromatic N) is 4. The molecule has 2 atom stereocenters. The molecule has 2 unspecified atom stereocenters. The number of carbonyl (C=O) groups is 1. The summed E-state index contributed by atoms with van der Waals surface area (Å²) in [5, 5.41) is 9.10. The van der Waals surface area contributed by atoms with Gasteiger partial charge in [0.25, 0.3) is 0 Å². The number of imidazole rings is 1. The van der Waals surface area contributed by atoms with Crippen LogP contribution in [0.3, 0.4) is 0 Å². The summed E-state index contributed by atoms with van der Waals surface area (Å²) in [7, 11) is 3.75. The van der Waals surface area contributed by atoms with Crippen molar-refractivity contribution in [3.8, 4) is 0 Å². The molecule has 0 aromatic carbocycles. The summed E-state index contributed by atoms with van der Waals surface area (Å²) in [6, 6.07) is -0.167. The standard InChI is InChI=1S/C14H24N4O2/c1-4-13(17(3)14(19)20)12-9-18(10-15-12)8-11-5-6-16(2)7-11/h9-11,13H,4-8H2,1-3H3,(H,19,20). The van der Waals surface area contributed by atoms with Gasteiger partial charge in [-0.15, -0.1) is 0 Å². The number of hydrogen-bond acceptors (Lipinski definition) is 3. The van der Waals surface area contributed by atoms with Crippen LogP contribution in [0.1, 0.15) is 31.5 Å². The first-order chi connectivity index (χ1) is 9.51. The Morgan fingerprint density at radius 3 is 2.95 bits per heavy atom. The Balaban J connectivity index is 2.02. The van der Waals surface area contributed by atoms with Gasteiger partial charge in [-0.1, -0.05) is 6.92 Å². The van der Waals surface area contributed by atoms with Gasteiger partial charge in [0.05, 0.1) is 18.1 Å². The molecule has 1 saturated heterocycles. The van der Waals surface area contributed by atoms with Crippen LogP contribution < -0.4 is 0 Å². The van der Waals surface area contributed by atoms with Gasteiger partial charge < -0.3 is 19.5 Å². The molecule has 1 aromatic rings. The molecule has 1 N–H and O–H groups in total. The number of rotatable bonds is 5. The zero-order valence-corrected chi connectivity index (χ0v) is 12.5. The molecule has 112 valence electrons. The van der Waals surface area contributed by atoms with Crippen molar-refractivity contribution in [2.75, 3.05) is 27.2 Å². The molecular weight excluding hydrogens is 256 g/mol. The van der Waals surface area contributed by atoms with Gasteiger partial charge in [-0.25, -0.2) is 9.78 Å². The predicted octanol–water partition coefficient (Wildman–Crippen LogP) is 1.90. The topological polar surface area (TPSA) is 61.6 Å². The maximum Gasteiger partial charge on any atom is 0.407 e. The largest absolute Gasteiger partial charge is 0.465 e. The molecule has 0 aliphatic carbocycles. The summed E-state index contributed by atoms with van der Waals surface area (Å²) in [4.78, 5) is 19.1. The van der Waals surface area contributed by atoms with E-state index in [0.717, 1.165) is 31.7 Å². The van der Waals surface area contributed by atoms with E-state index in [1.54, 1.807) is 7.05 Å². The van der Waals surface area contributed by atoms with Gasteiger partial charge in [-0.2, -0.15) is 0 Å². The molecule has 1 aliphatic rings. The van der Waals surface area contributed by atoms with Crippen molar-refractivity contribution in [1.82, 2.24) is 19.4 Å². The Morgan fingerprint density at radius 1 is 1.65 bits per heavy atom. The van der Waals surface area contributed by atoms with Crippen molar-refractivity contribution in [2.24, 2.45) is 5.92 Å². The number of hydrogen-bond donors (Lipinski definition) is 1. The van der Waals surface area contributed by atoms with Crippen molar-refractivity contribution in [2.45, 2.75) is 32.4 Å². The van der Waals surface area contributed by atoms with Crippen LogP contribution in [0.5, 0.6) is 0 Å². The van der Waals surface area contributed by atoms with E-state index in [2.05, 4.69) is 21.5 Å². The first kappa shape index (κ1) is 14.8. The van der Waals surface area contributed by atoms with Crippen LogP contribution in [0.25, 0.3) is 0 Å². The summed E-state index contributed by atoms with van der Waals surface area (Å²) < 4.78 is 2.09. The molecule has 2 rings (SSSR count). The van der Waals surface area contributed by atoms with Gasteiger partial charge in [0.15, 0.2) is 0 Å². The molecule has 0 radical (unpaired) electrons. The molecule has 6 nitrogen and oxygen atoms in total. The van der Waals surface area contributed by atoms with Gasteiger partial charge in [0, 0.05) is 26.3 Å². The molecular formula is C14H24N4O2. The average molecular weight is 280 g/mol. The molecule has 2 heterocycles. The number of aromatic nitrogens is 2. The summed E-state index contributed by atoms with van der Waals surface area (Å²) >= 11 is 0. The molecule has 0 spiro atoms. The minimum Gasteiger partial charge on any atom is -0.465 e. The van der Waals surface area contributed by atoms with Crippen molar-refractivity contribution < 1.29 is 9.90 Å². The number of likely N-dealkylation sites (tertiary alicyclic amines) is 1. The Kier molecular flexibility index (Phi) is 4.65. The lowest BCUT2D eigenvalue weighted by Gasteiger charge is -2.22. The molecule has 0 bridgehead atoms. The first-order valence-corrected chi connectivity index (χ1v) is 7.17. The average Bonchev–Trinajstić information content (AvgIpc) is 3.00. The van der Waals surface area contributed by atoms with Gasteiger partial charge in [0.2, 0.25) is 0 Å². The van der Waals surface area contributed by atoms with E-state index in [-0.39, 0.29) is 6.04 Å². The van der Waals surface area contributed by atoms with Crippen molar-refractivity contribution in [3.63, 3.8) is 0 Å². The van der Waals surface area contributed by atoms with Crippen LogP contribution in [-0.2, 0) is 6.54 Å². The second kappa shape index (κ2) is 6.26. The van der Waals surface area contributed by atoms with Crippen LogP contribution in [0.2, 0.25) is 0 Å². The van der Waals surface area contributed by atoms with Crippen LogP contribution in [0, 0.1) is 5.92 Å². The monoisotopic (exact) mass is 280 g/mol. The van der Waals surface area contributed by atoms with Gasteiger partial charge in [0.1, 0.15) is 0 Å². The fraction of sp³-hybridized carbons (Fsp3) is 0.714. The van der Waals surface area contributed by atoms with Gasteiger partial charge in [-0.3, -0.25) is 0 Å². The van der Waals surface area contributed by atoms with E-state index in [1.807, 2.05) is 19.4 Å². The molecule has 0 saturated carbocycles. The highest BCUT2D eigenvalue weighted by Crippen LogP contribution is 2.22. The summed E-state index contributed by atoms with van der Waals surface area (Å²) in [5.74, 6) is 0.666. The fourth-order valence-electron chi connectivity index (χ4n) is 2.94. The lowest BCUT2D eigenvalue weighted by molar-refractivity contribution is 0.136. The minimum atomic E-state index is -0.913. The Bertz CT molecular complexity index is 460. The second-order valence-corrected chi connectivity index (χ2v) is 5.73. The Morgan fingerprint density at radius 2 is 2.40 bits per heavy atom. The van der Waals surface area contributed by atoms with Crippen LogP contribution in [-0.4, -0.2) is 57.7 Å². The number of amides is 1. The van der Waals surface area contributed by atoms with Crippen molar-refractivity contribution in [1.29, 1.82) is 0 Å². The highest BCUT2D eigenvalue weighted by Gasteiger charge is 2.23. The molecule has 1 amide bonds. The minimum absolute atomic E-state index is 0.167. The lowest BCUT2D eigenvalue weighted by atomic mass is 10.1. The summed E-state index contributed by atoms with van der Waals surface area (Å²) in [6.45, 7) is 5.23. The fourth-order valence-corrected chi connectivity index (χ4v) is 2.94. The maximum absolute atomic E-state index is 11.1. The third kappa shape index (κ3) is 3.30. The summed E-state index contributed by atoms with van der Waals surface area (Å²) in [5.41, 5.74) is 0.837. The van der Waals surface area contributed by atoms with E-state index in [1.165, 1.54) is 11.3 Å². The zero-order valence-electron chi connectivity index (χ0n) is 12.5. The highest BCUT2D eigenvalue weighted by atomic mass is 16.4. The van der Waals surface area contributed by atoms with Crippen LogP contribution in [0.15, 0.2) is 12.5 Å². The van der Waals surface area contributed by atoms with E-state index in [4.69, 9.17) is 5.11 Å². The van der Waals surface area contributed by atoms with E-state index < -0.39 is 6.09 Å². The molecule has 1 aromatic heterocycles. The van der Waals surface area contributed by atoms with Crippen LogP contribution in [0.4, 0.5) is 4.79 Å².